The van der Waals surface area contributed by atoms with Gasteiger partial charge in [0.2, 0.25) is 0 Å². The van der Waals surface area contributed by atoms with Gasteiger partial charge in [-0.1, -0.05) is 18.5 Å². The number of rotatable bonds is 4. The van der Waals surface area contributed by atoms with E-state index in [0.29, 0.717) is 12.1 Å². The van der Waals surface area contributed by atoms with Crippen molar-refractivity contribution in [2.24, 2.45) is 0 Å². The average Bonchev–Trinajstić information content (AvgIpc) is 2.41. The van der Waals surface area contributed by atoms with Crippen molar-refractivity contribution in [2.45, 2.75) is 13.3 Å². The molecule has 0 saturated heterocycles. The summed E-state index contributed by atoms with van der Waals surface area (Å²) in [6.07, 6.45) is 0.582. The lowest BCUT2D eigenvalue weighted by atomic mass is 10.2. The summed E-state index contributed by atoms with van der Waals surface area (Å²) in [6.45, 7) is 1.86. The van der Waals surface area contributed by atoms with Crippen LogP contribution in [0.15, 0.2) is 30.3 Å². The number of aromatic nitrogens is 1. The van der Waals surface area contributed by atoms with Gasteiger partial charge in [-0.2, -0.15) is 0 Å². The number of aryl methyl sites for hydroxylation is 1. The highest BCUT2D eigenvalue weighted by atomic mass is 35.5. The maximum absolute atomic E-state index is 13.7. The lowest BCUT2D eigenvalue weighted by Gasteiger charge is -2.09. The lowest BCUT2D eigenvalue weighted by Crippen LogP contribution is -2.04. The van der Waals surface area contributed by atoms with Gasteiger partial charge in [-0.05, 0) is 36.8 Å². The molecular formula is C14H12ClFN2O2. The number of nitrogens with zero attached hydrogens (tertiary/aromatic N) is 1. The maximum atomic E-state index is 13.7. The third-order valence-electron chi connectivity index (χ3n) is 2.68. The first-order valence-electron chi connectivity index (χ1n) is 5.96. The minimum absolute atomic E-state index is 0.105. The van der Waals surface area contributed by atoms with Crippen molar-refractivity contribution >= 4 is 29.1 Å². The van der Waals surface area contributed by atoms with Crippen molar-refractivity contribution in [2.75, 3.05) is 5.32 Å². The molecule has 0 unspecified atom stereocenters. The molecule has 0 aliphatic carbocycles. The van der Waals surface area contributed by atoms with Gasteiger partial charge in [0.25, 0.3) is 0 Å². The summed E-state index contributed by atoms with van der Waals surface area (Å²) in [5, 5.41) is 12.1. The van der Waals surface area contributed by atoms with E-state index in [4.69, 9.17) is 16.7 Å². The Kier molecular flexibility index (Phi) is 4.20. The zero-order chi connectivity index (χ0) is 14.7. The summed E-state index contributed by atoms with van der Waals surface area (Å²) in [7, 11) is 0. The van der Waals surface area contributed by atoms with Crippen LogP contribution in [-0.4, -0.2) is 16.1 Å². The molecule has 2 rings (SSSR count). The van der Waals surface area contributed by atoms with Crippen LogP contribution in [0.4, 0.5) is 15.9 Å². The molecule has 1 aromatic heterocycles. The number of aromatic carboxylic acids is 1. The summed E-state index contributed by atoms with van der Waals surface area (Å²) >= 11 is 5.67. The van der Waals surface area contributed by atoms with Crippen LogP contribution in [0.5, 0.6) is 0 Å². The van der Waals surface area contributed by atoms with E-state index in [2.05, 4.69) is 10.3 Å². The molecule has 0 radical (unpaired) electrons. The zero-order valence-corrected chi connectivity index (χ0v) is 11.4. The van der Waals surface area contributed by atoms with Gasteiger partial charge in [-0.3, -0.25) is 0 Å². The first kappa shape index (κ1) is 14.3. The molecule has 0 aliphatic rings. The van der Waals surface area contributed by atoms with E-state index in [9.17, 15) is 9.18 Å². The highest BCUT2D eigenvalue weighted by molar-refractivity contribution is 6.30. The molecule has 0 bridgehead atoms. The molecule has 0 aliphatic heterocycles. The monoisotopic (exact) mass is 294 g/mol. The summed E-state index contributed by atoms with van der Waals surface area (Å²) in [5.41, 5.74) is 0.905. The van der Waals surface area contributed by atoms with Crippen LogP contribution in [0.2, 0.25) is 5.02 Å². The molecule has 1 aromatic carbocycles. The first-order valence-corrected chi connectivity index (χ1v) is 6.33. The second-order valence-corrected chi connectivity index (χ2v) is 4.58. The van der Waals surface area contributed by atoms with Gasteiger partial charge in [0.05, 0.1) is 11.3 Å². The number of hydrogen-bond donors (Lipinski definition) is 2. The third kappa shape index (κ3) is 3.24. The second-order valence-electron chi connectivity index (χ2n) is 4.14. The SMILES string of the molecule is CCc1cc(C(=O)O)cc(Nc2ccc(Cl)cc2F)n1. The molecule has 1 heterocycles. The zero-order valence-electron chi connectivity index (χ0n) is 10.7. The van der Waals surface area contributed by atoms with Crippen molar-refractivity contribution < 1.29 is 14.3 Å². The Morgan fingerprint density at radius 3 is 2.75 bits per heavy atom. The van der Waals surface area contributed by atoms with E-state index in [0.717, 1.165) is 0 Å². The Bertz CT molecular complexity index is 662. The number of carboxylic acid groups (broad SMARTS) is 1. The van der Waals surface area contributed by atoms with Gasteiger partial charge < -0.3 is 10.4 Å². The van der Waals surface area contributed by atoms with E-state index in [-0.39, 0.29) is 22.1 Å². The summed E-state index contributed by atoms with van der Waals surface area (Å²) < 4.78 is 13.7. The number of nitrogens with one attached hydrogen (secondary N) is 1. The molecule has 0 amide bonds. The molecule has 0 saturated carbocycles. The summed E-state index contributed by atoms with van der Waals surface area (Å²) in [6, 6.07) is 7.03. The third-order valence-corrected chi connectivity index (χ3v) is 2.92. The fraction of sp³-hybridized carbons (Fsp3) is 0.143. The van der Waals surface area contributed by atoms with Crippen LogP contribution < -0.4 is 5.32 Å². The van der Waals surface area contributed by atoms with E-state index in [1.807, 2.05) is 6.92 Å². The Hall–Kier alpha value is -2.14. The molecule has 0 atom stereocenters. The molecule has 0 fully saturated rings. The average molecular weight is 295 g/mol. The van der Waals surface area contributed by atoms with E-state index < -0.39 is 11.8 Å². The smallest absolute Gasteiger partial charge is 0.335 e. The minimum Gasteiger partial charge on any atom is -0.478 e. The Labute approximate surface area is 120 Å². The number of pyridine rings is 1. The predicted octanol–water partition coefficient (Wildman–Crippen LogP) is 3.88. The quantitative estimate of drug-likeness (QED) is 0.898. The van der Waals surface area contributed by atoms with Crippen LogP contribution in [0, 0.1) is 5.82 Å². The summed E-state index contributed by atoms with van der Waals surface area (Å²) in [5.74, 6) is -1.30. The Balaban J connectivity index is 2.37. The lowest BCUT2D eigenvalue weighted by molar-refractivity contribution is 0.0696. The molecule has 2 N–H and O–H groups in total. The van der Waals surface area contributed by atoms with Crippen LogP contribution in [0.1, 0.15) is 23.0 Å². The largest absolute Gasteiger partial charge is 0.478 e. The Morgan fingerprint density at radius 2 is 2.15 bits per heavy atom. The molecular weight excluding hydrogens is 283 g/mol. The first-order chi connectivity index (χ1) is 9.49. The van der Waals surface area contributed by atoms with Crippen molar-refractivity contribution in [1.29, 1.82) is 0 Å². The molecule has 20 heavy (non-hydrogen) atoms. The molecule has 4 nitrogen and oxygen atoms in total. The van der Waals surface area contributed by atoms with Crippen molar-refractivity contribution in [1.82, 2.24) is 4.98 Å². The minimum atomic E-state index is -1.05. The second kappa shape index (κ2) is 5.88. The van der Waals surface area contributed by atoms with E-state index in [1.54, 1.807) is 0 Å². The normalized spacial score (nSPS) is 10.3. The van der Waals surface area contributed by atoms with Crippen LogP contribution in [0.25, 0.3) is 0 Å². The number of carboxylic acids is 1. The van der Waals surface area contributed by atoms with Gasteiger partial charge in [0, 0.05) is 10.7 Å². The number of anilines is 2. The highest BCUT2D eigenvalue weighted by Crippen LogP contribution is 2.23. The van der Waals surface area contributed by atoms with E-state index >= 15 is 0 Å². The van der Waals surface area contributed by atoms with Crippen LogP contribution in [-0.2, 0) is 6.42 Å². The van der Waals surface area contributed by atoms with Gasteiger partial charge in [0.15, 0.2) is 0 Å². The highest BCUT2D eigenvalue weighted by Gasteiger charge is 2.10. The number of hydrogen-bond acceptors (Lipinski definition) is 3. The molecule has 6 heteroatoms. The topological polar surface area (TPSA) is 62.2 Å². The molecule has 0 spiro atoms. The van der Waals surface area contributed by atoms with Crippen LogP contribution in [0.3, 0.4) is 0 Å². The number of halogens is 2. The fourth-order valence-corrected chi connectivity index (χ4v) is 1.84. The maximum Gasteiger partial charge on any atom is 0.335 e. The number of benzene rings is 1. The van der Waals surface area contributed by atoms with Gasteiger partial charge in [-0.25, -0.2) is 14.2 Å². The van der Waals surface area contributed by atoms with Gasteiger partial charge >= 0.3 is 5.97 Å². The predicted molar refractivity (Wildman–Crippen MR) is 75.3 cm³/mol. The fourth-order valence-electron chi connectivity index (χ4n) is 1.69. The standard InChI is InChI=1S/C14H12ClFN2O2/c1-2-10-5-8(14(19)20)6-13(17-10)18-12-4-3-9(15)7-11(12)16/h3-7H,2H2,1H3,(H,17,18)(H,19,20). The molecule has 2 aromatic rings. The molecule has 104 valence electrons. The van der Waals surface area contributed by atoms with Gasteiger partial charge in [0.1, 0.15) is 11.6 Å². The van der Waals surface area contributed by atoms with Crippen molar-refractivity contribution in [3.05, 3.63) is 52.4 Å². The Morgan fingerprint density at radius 1 is 1.40 bits per heavy atom. The van der Waals surface area contributed by atoms with Gasteiger partial charge in [-0.15, -0.1) is 0 Å². The van der Waals surface area contributed by atoms with E-state index in [1.165, 1.54) is 30.3 Å². The summed E-state index contributed by atoms with van der Waals surface area (Å²) in [4.78, 5) is 15.3. The van der Waals surface area contributed by atoms with Crippen molar-refractivity contribution in [3.8, 4) is 0 Å². The van der Waals surface area contributed by atoms with Crippen LogP contribution >= 0.6 is 11.6 Å². The van der Waals surface area contributed by atoms with Crippen molar-refractivity contribution in [3.63, 3.8) is 0 Å². The number of carbonyl (C=O) groups is 1.